The monoisotopic (exact) mass is 384 g/mol. The number of amides is 1. The van der Waals surface area contributed by atoms with Crippen molar-refractivity contribution < 1.29 is 4.79 Å². The lowest BCUT2D eigenvalue weighted by Crippen LogP contribution is -2.29. The minimum Gasteiger partial charge on any atom is -0.341 e. The van der Waals surface area contributed by atoms with Gasteiger partial charge in [0.25, 0.3) is 5.91 Å². The molecule has 4 aromatic rings. The molecule has 5 heteroatoms. The van der Waals surface area contributed by atoms with Crippen LogP contribution in [0.2, 0.25) is 0 Å². The lowest BCUT2D eigenvalue weighted by atomic mass is 10.1. The summed E-state index contributed by atoms with van der Waals surface area (Å²) in [5, 5.41) is 3.04. The summed E-state index contributed by atoms with van der Waals surface area (Å²) in [5.74, 6) is 0.625. The summed E-state index contributed by atoms with van der Waals surface area (Å²) in [6.07, 6.45) is 1.62. The summed E-state index contributed by atoms with van der Waals surface area (Å²) < 4.78 is 2.19. The highest BCUT2D eigenvalue weighted by Gasteiger charge is 2.20. The van der Waals surface area contributed by atoms with Crippen LogP contribution in [0.15, 0.2) is 66.9 Å². The van der Waals surface area contributed by atoms with Gasteiger partial charge in [-0.15, -0.1) is 0 Å². The average molecular weight is 384 g/mol. The van der Waals surface area contributed by atoms with E-state index in [1.54, 1.807) is 18.3 Å². The van der Waals surface area contributed by atoms with Gasteiger partial charge in [-0.1, -0.05) is 42.0 Å². The zero-order valence-corrected chi connectivity index (χ0v) is 16.9. The number of aryl methyl sites for hydroxylation is 2. The van der Waals surface area contributed by atoms with Crippen LogP contribution in [-0.2, 0) is 6.54 Å². The van der Waals surface area contributed by atoms with Crippen molar-refractivity contribution in [1.29, 1.82) is 0 Å². The van der Waals surface area contributed by atoms with Gasteiger partial charge in [0.2, 0.25) is 0 Å². The molecular formula is C24H24N4O. The van der Waals surface area contributed by atoms with Gasteiger partial charge in [-0.3, -0.25) is 9.78 Å². The van der Waals surface area contributed by atoms with Crippen LogP contribution in [0, 0.1) is 13.8 Å². The second-order valence-electron chi connectivity index (χ2n) is 7.38. The highest BCUT2D eigenvalue weighted by Crippen LogP contribution is 2.24. The first kappa shape index (κ1) is 18.9. The maximum Gasteiger partial charge on any atom is 0.270 e. The SMILES string of the molecule is Cc1ccc(C)c(Cn2c(C(C)NC(=O)c3ccccn3)nc3ccccc32)c1. The third kappa shape index (κ3) is 3.90. The zero-order valence-electron chi connectivity index (χ0n) is 16.9. The second kappa shape index (κ2) is 7.87. The first-order valence-corrected chi connectivity index (χ1v) is 9.76. The number of imidazole rings is 1. The molecule has 0 fully saturated rings. The van der Waals surface area contributed by atoms with Crippen LogP contribution >= 0.6 is 0 Å². The highest BCUT2D eigenvalue weighted by atomic mass is 16.1. The van der Waals surface area contributed by atoms with Gasteiger partial charge in [0, 0.05) is 12.7 Å². The molecule has 4 rings (SSSR count). The van der Waals surface area contributed by atoms with Crippen LogP contribution < -0.4 is 5.32 Å². The second-order valence-corrected chi connectivity index (χ2v) is 7.38. The summed E-state index contributed by atoms with van der Waals surface area (Å²) in [4.78, 5) is 21.6. The third-order valence-corrected chi connectivity index (χ3v) is 5.15. The first-order chi connectivity index (χ1) is 14.0. The fourth-order valence-electron chi connectivity index (χ4n) is 3.56. The van der Waals surface area contributed by atoms with Gasteiger partial charge in [-0.05, 0) is 56.2 Å². The minimum absolute atomic E-state index is 0.205. The Morgan fingerprint density at radius 1 is 1.07 bits per heavy atom. The number of benzene rings is 2. The molecule has 1 amide bonds. The molecule has 1 unspecified atom stereocenters. The number of carbonyl (C=O) groups is 1. The fraction of sp³-hybridized carbons (Fsp3) is 0.208. The Balaban J connectivity index is 1.71. The van der Waals surface area contributed by atoms with E-state index in [9.17, 15) is 4.79 Å². The molecule has 1 atom stereocenters. The van der Waals surface area contributed by atoms with E-state index in [4.69, 9.17) is 4.98 Å². The zero-order chi connectivity index (χ0) is 20.4. The Bertz CT molecular complexity index is 1160. The molecule has 0 saturated heterocycles. The van der Waals surface area contributed by atoms with Gasteiger partial charge >= 0.3 is 0 Å². The van der Waals surface area contributed by atoms with E-state index >= 15 is 0 Å². The predicted molar refractivity (Wildman–Crippen MR) is 115 cm³/mol. The maximum absolute atomic E-state index is 12.6. The molecule has 0 spiro atoms. The summed E-state index contributed by atoms with van der Waals surface area (Å²) in [7, 11) is 0. The quantitative estimate of drug-likeness (QED) is 0.548. The Kier molecular flexibility index (Phi) is 5.12. The Hall–Kier alpha value is -3.47. The number of hydrogen-bond acceptors (Lipinski definition) is 3. The van der Waals surface area contributed by atoms with Crippen LogP contribution in [-0.4, -0.2) is 20.4 Å². The van der Waals surface area contributed by atoms with E-state index in [2.05, 4.69) is 53.0 Å². The molecule has 0 bridgehead atoms. The molecule has 146 valence electrons. The maximum atomic E-state index is 12.6. The average Bonchev–Trinajstić information content (AvgIpc) is 3.10. The van der Waals surface area contributed by atoms with E-state index in [0.717, 1.165) is 16.9 Å². The van der Waals surface area contributed by atoms with E-state index in [1.807, 2.05) is 31.2 Å². The van der Waals surface area contributed by atoms with E-state index < -0.39 is 0 Å². The van der Waals surface area contributed by atoms with E-state index in [-0.39, 0.29) is 11.9 Å². The smallest absolute Gasteiger partial charge is 0.270 e. The number of para-hydroxylation sites is 2. The topological polar surface area (TPSA) is 59.8 Å². The number of rotatable bonds is 5. The van der Waals surface area contributed by atoms with E-state index in [1.165, 1.54) is 16.7 Å². The number of nitrogens with zero attached hydrogens (tertiary/aromatic N) is 3. The Morgan fingerprint density at radius 3 is 2.66 bits per heavy atom. The normalized spacial score (nSPS) is 12.1. The van der Waals surface area contributed by atoms with Gasteiger partial charge < -0.3 is 9.88 Å². The van der Waals surface area contributed by atoms with Crippen molar-refractivity contribution in [1.82, 2.24) is 19.9 Å². The molecule has 0 saturated carbocycles. The number of pyridine rings is 1. The number of fused-ring (bicyclic) bond motifs is 1. The lowest BCUT2D eigenvalue weighted by Gasteiger charge is -2.17. The van der Waals surface area contributed by atoms with Gasteiger partial charge in [-0.2, -0.15) is 0 Å². The highest BCUT2D eigenvalue weighted by molar-refractivity contribution is 5.92. The molecule has 2 aromatic carbocycles. The number of aromatic nitrogens is 3. The standard InChI is InChI=1S/C24H24N4O/c1-16-11-12-17(2)19(14-16)15-28-22-10-5-4-8-20(22)27-23(28)18(3)26-24(29)21-9-6-7-13-25-21/h4-14,18H,15H2,1-3H3,(H,26,29). The molecule has 2 heterocycles. The Labute approximate surface area is 170 Å². The number of nitrogens with one attached hydrogen (secondary N) is 1. The molecule has 1 N–H and O–H groups in total. The van der Waals surface area contributed by atoms with Crippen molar-refractivity contribution in [3.05, 3.63) is 95.1 Å². The van der Waals surface area contributed by atoms with Crippen LogP contribution in [0.5, 0.6) is 0 Å². The van der Waals surface area contributed by atoms with Gasteiger partial charge in [0.15, 0.2) is 0 Å². The molecule has 2 aromatic heterocycles. The van der Waals surface area contributed by atoms with Crippen molar-refractivity contribution in [2.24, 2.45) is 0 Å². The van der Waals surface area contributed by atoms with Crippen molar-refractivity contribution in [2.75, 3.05) is 0 Å². The first-order valence-electron chi connectivity index (χ1n) is 9.76. The molecule has 0 radical (unpaired) electrons. The van der Waals surface area contributed by atoms with Gasteiger partial charge in [-0.25, -0.2) is 4.98 Å². The molecule has 29 heavy (non-hydrogen) atoms. The summed E-state index contributed by atoms with van der Waals surface area (Å²) in [6.45, 7) is 6.89. The summed E-state index contributed by atoms with van der Waals surface area (Å²) in [5.41, 5.74) is 6.10. The predicted octanol–water partition coefficient (Wildman–Crippen LogP) is 4.59. The fourth-order valence-corrected chi connectivity index (χ4v) is 3.56. The van der Waals surface area contributed by atoms with Crippen molar-refractivity contribution in [3.8, 4) is 0 Å². The number of carbonyl (C=O) groups excluding carboxylic acids is 1. The van der Waals surface area contributed by atoms with Crippen LogP contribution in [0.1, 0.15) is 46.0 Å². The Morgan fingerprint density at radius 2 is 1.86 bits per heavy atom. The number of hydrogen-bond donors (Lipinski definition) is 1. The van der Waals surface area contributed by atoms with Crippen LogP contribution in [0.3, 0.4) is 0 Å². The van der Waals surface area contributed by atoms with Gasteiger partial charge in [0.1, 0.15) is 11.5 Å². The summed E-state index contributed by atoms with van der Waals surface area (Å²) >= 11 is 0. The molecular weight excluding hydrogens is 360 g/mol. The molecule has 0 aliphatic carbocycles. The van der Waals surface area contributed by atoms with Crippen molar-refractivity contribution in [2.45, 2.75) is 33.4 Å². The third-order valence-electron chi connectivity index (χ3n) is 5.15. The van der Waals surface area contributed by atoms with Gasteiger partial charge in [0.05, 0.1) is 17.1 Å². The van der Waals surface area contributed by atoms with E-state index in [0.29, 0.717) is 12.2 Å². The molecule has 0 aliphatic heterocycles. The molecule has 5 nitrogen and oxygen atoms in total. The van der Waals surface area contributed by atoms with Crippen molar-refractivity contribution >= 4 is 16.9 Å². The lowest BCUT2D eigenvalue weighted by molar-refractivity contribution is 0.0932. The van der Waals surface area contributed by atoms with Crippen molar-refractivity contribution in [3.63, 3.8) is 0 Å². The summed E-state index contributed by atoms with van der Waals surface area (Å²) in [6, 6.07) is 19.6. The largest absolute Gasteiger partial charge is 0.341 e. The minimum atomic E-state index is -0.262. The molecule has 0 aliphatic rings. The van der Waals surface area contributed by atoms with Crippen LogP contribution in [0.4, 0.5) is 0 Å². The van der Waals surface area contributed by atoms with Crippen LogP contribution in [0.25, 0.3) is 11.0 Å².